The first kappa shape index (κ1) is 14.8. The quantitative estimate of drug-likeness (QED) is 0.284. The van der Waals surface area contributed by atoms with Gasteiger partial charge in [-0.25, -0.2) is 0 Å². The van der Waals surface area contributed by atoms with E-state index in [1.165, 1.54) is 49.4 Å². The molecule has 0 amide bonds. The minimum Gasteiger partial charge on any atom is -0.0619 e. The zero-order chi connectivity index (χ0) is 17.8. The third kappa shape index (κ3) is 2.17. The highest BCUT2D eigenvalue weighted by Gasteiger charge is 2.29. The number of rotatable bonds is 1. The molecular weight excluding hydrogens is 324 g/mol. The summed E-state index contributed by atoms with van der Waals surface area (Å²) in [6.45, 7) is 0. The minimum absolute atomic E-state index is 0.258. The monoisotopic (exact) mass is 341 g/mol. The van der Waals surface area contributed by atoms with Crippen LogP contribution in [0.5, 0.6) is 0 Å². The van der Waals surface area contributed by atoms with Crippen LogP contribution >= 0.6 is 0 Å². The normalized spacial score (nSPS) is 13.0. The van der Waals surface area contributed by atoms with Crippen molar-refractivity contribution in [1.82, 2.24) is 0 Å². The summed E-state index contributed by atoms with van der Waals surface area (Å²) in [6.07, 6.45) is 0. The second-order valence-corrected chi connectivity index (χ2v) is 7.31. The smallest absolute Gasteiger partial charge is 0.0358 e. The van der Waals surface area contributed by atoms with Crippen LogP contribution in [-0.4, -0.2) is 0 Å². The predicted octanol–water partition coefficient (Wildman–Crippen LogP) is 6.95. The molecule has 0 fully saturated rings. The molecule has 6 rings (SSSR count). The Bertz CT molecular complexity index is 1280. The highest BCUT2D eigenvalue weighted by Crippen LogP contribution is 2.47. The van der Waals surface area contributed by atoms with E-state index in [0.29, 0.717) is 0 Å². The molecule has 0 N–H and O–H groups in total. The maximum absolute atomic E-state index is 3.74. The Morgan fingerprint density at radius 1 is 0.519 bits per heavy atom. The summed E-state index contributed by atoms with van der Waals surface area (Å²) >= 11 is 0. The van der Waals surface area contributed by atoms with E-state index < -0.39 is 0 Å². The zero-order valence-corrected chi connectivity index (χ0v) is 14.8. The van der Waals surface area contributed by atoms with Gasteiger partial charge >= 0.3 is 0 Å². The molecule has 0 unspecified atom stereocenters. The van der Waals surface area contributed by atoms with Gasteiger partial charge < -0.3 is 0 Å². The van der Waals surface area contributed by atoms with Crippen LogP contribution in [0.15, 0.2) is 97.1 Å². The minimum atomic E-state index is 0.258. The maximum Gasteiger partial charge on any atom is 0.0358 e. The third-order valence-electron chi connectivity index (χ3n) is 5.78. The molecule has 27 heavy (non-hydrogen) atoms. The third-order valence-corrected chi connectivity index (χ3v) is 5.78. The van der Waals surface area contributed by atoms with Gasteiger partial charge in [0.1, 0.15) is 0 Å². The van der Waals surface area contributed by atoms with Gasteiger partial charge in [-0.2, -0.15) is 0 Å². The van der Waals surface area contributed by atoms with Crippen LogP contribution in [0.1, 0.15) is 22.6 Å². The molecule has 1 aliphatic rings. The van der Waals surface area contributed by atoms with Gasteiger partial charge in [-0.1, -0.05) is 84.9 Å². The van der Waals surface area contributed by atoms with E-state index >= 15 is 0 Å². The van der Waals surface area contributed by atoms with Crippen LogP contribution in [0.3, 0.4) is 0 Å². The SMILES string of the molecule is [c]1c(C2c3ccccc3-c3ccccc32)ccc2cc3ccccc3cc12. The number of hydrogen-bond acceptors (Lipinski definition) is 0. The first-order valence-corrected chi connectivity index (χ1v) is 9.41. The van der Waals surface area contributed by atoms with E-state index in [9.17, 15) is 0 Å². The lowest BCUT2D eigenvalue weighted by Crippen LogP contribution is -1.99. The maximum atomic E-state index is 3.74. The molecular formula is C27H17. The van der Waals surface area contributed by atoms with Crippen molar-refractivity contribution >= 4 is 21.5 Å². The van der Waals surface area contributed by atoms with E-state index in [2.05, 4.69) is 103 Å². The lowest BCUT2D eigenvalue weighted by atomic mass is 9.88. The molecule has 125 valence electrons. The Balaban J connectivity index is 1.60. The lowest BCUT2D eigenvalue weighted by Gasteiger charge is -2.15. The standard InChI is InChI=1S/C27H17/c1-2-8-19-16-22-17-21(14-13-20(22)15-18(19)7-1)27-25-11-5-3-9-23(25)24-10-4-6-12-26(24)27/h1-16,27H. The van der Waals surface area contributed by atoms with E-state index in [0.717, 1.165) is 0 Å². The molecule has 0 aromatic heterocycles. The molecule has 0 aliphatic heterocycles. The molecule has 0 nitrogen and oxygen atoms in total. The second-order valence-electron chi connectivity index (χ2n) is 7.31. The summed E-state index contributed by atoms with van der Waals surface area (Å²) in [5, 5.41) is 4.98. The number of fused-ring (bicyclic) bond motifs is 5. The number of hydrogen-bond donors (Lipinski definition) is 0. The van der Waals surface area contributed by atoms with Crippen LogP contribution in [-0.2, 0) is 0 Å². The van der Waals surface area contributed by atoms with Crippen LogP contribution in [0.2, 0.25) is 0 Å². The molecule has 1 aliphatic carbocycles. The van der Waals surface area contributed by atoms with Crippen LogP contribution < -0.4 is 0 Å². The summed E-state index contributed by atoms with van der Waals surface area (Å²) in [4.78, 5) is 0. The van der Waals surface area contributed by atoms with Gasteiger partial charge in [-0.05, 0) is 67.6 Å². The molecule has 0 bridgehead atoms. The summed E-state index contributed by atoms with van der Waals surface area (Å²) in [6, 6.07) is 38.9. The molecule has 0 atom stereocenters. The second kappa shape index (κ2) is 5.56. The zero-order valence-electron chi connectivity index (χ0n) is 14.8. The lowest BCUT2D eigenvalue weighted by molar-refractivity contribution is 1.02. The molecule has 5 aromatic carbocycles. The summed E-state index contributed by atoms with van der Waals surface area (Å²) in [7, 11) is 0. The molecule has 0 saturated carbocycles. The van der Waals surface area contributed by atoms with Gasteiger partial charge in [0.2, 0.25) is 0 Å². The first-order chi connectivity index (χ1) is 13.4. The fourth-order valence-corrected chi connectivity index (χ4v) is 4.54. The topological polar surface area (TPSA) is 0 Å². The Morgan fingerprint density at radius 2 is 1.11 bits per heavy atom. The largest absolute Gasteiger partial charge is 0.0619 e. The van der Waals surface area contributed by atoms with Crippen molar-refractivity contribution in [2.45, 2.75) is 5.92 Å². The van der Waals surface area contributed by atoms with Crippen molar-refractivity contribution in [2.75, 3.05) is 0 Å². The first-order valence-electron chi connectivity index (χ1n) is 9.41. The molecule has 5 aromatic rings. The molecule has 1 radical (unpaired) electrons. The van der Waals surface area contributed by atoms with Crippen molar-refractivity contribution < 1.29 is 0 Å². The highest BCUT2D eigenvalue weighted by molar-refractivity contribution is 5.98. The van der Waals surface area contributed by atoms with Crippen molar-refractivity contribution in [3.63, 3.8) is 0 Å². The van der Waals surface area contributed by atoms with E-state index in [-0.39, 0.29) is 5.92 Å². The molecule has 0 spiro atoms. The number of benzene rings is 5. The van der Waals surface area contributed by atoms with E-state index in [1.807, 2.05) is 0 Å². The molecule has 0 heterocycles. The fraction of sp³-hybridized carbons (Fsp3) is 0.0370. The van der Waals surface area contributed by atoms with E-state index in [1.54, 1.807) is 0 Å². The van der Waals surface area contributed by atoms with Crippen LogP contribution in [0.4, 0.5) is 0 Å². The van der Waals surface area contributed by atoms with Gasteiger partial charge in [0, 0.05) is 5.92 Å². The van der Waals surface area contributed by atoms with Crippen molar-refractivity contribution in [1.29, 1.82) is 0 Å². The van der Waals surface area contributed by atoms with Gasteiger partial charge in [0.25, 0.3) is 0 Å². The Kier molecular flexibility index (Phi) is 3.04. The molecule has 0 heteroatoms. The van der Waals surface area contributed by atoms with Crippen LogP contribution in [0, 0.1) is 6.07 Å². The molecule has 0 saturated heterocycles. The predicted molar refractivity (Wildman–Crippen MR) is 113 cm³/mol. The van der Waals surface area contributed by atoms with Gasteiger partial charge in [0.15, 0.2) is 0 Å². The summed E-state index contributed by atoms with van der Waals surface area (Å²) < 4.78 is 0. The van der Waals surface area contributed by atoms with E-state index in [4.69, 9.17) is 0 Å². The summed E-state index contributed by atoms with van der Waals surface area (Å²) in [5.74, 6) is 0.258. The summed E-state index contributed by atoms with van der Waals surface area (Å²) in [5.41, 5.74) is 6.72. The van der Waals surface area contributed by atoms with Crippen LogP contribution in [0.25, 0.3) is 32.7 Å². The van der Waals surface area contributed by atoms with Gasteiger partial charge in [-0.3, -0.25) is 0 Å². The van der Waals surface area contributed by atoms with Crippen molar-refractivity contribution in [3.05, 3.63) is 120 Å². The Labute approximate surface area is 158 Å². The fourth-order valence-electron chi connectivity index (χ4n) is 4.54. The van der Waals surface area contributed by atoms with Gasteiger partial charge in [-0.15, -0.1) is 0 Å². The average molecular weight is 341 g/mol. The van der Waals surface area contributed by atoms with Crippen molar-refractivity contribution in [2.24, 2.45) is 0 Å². The average Bonchev–Trinajstić information content (AvgIpc) is 3.06. The van der Waals surface area contributed by atoms with Crippen molar-refractivity contribution in [3.8, 4) is 11.1 Å². The Morgan fingerprint density at radius 3 is 1.81 bits per heavy atom. The Hall–Kier alpha value is -3.38. The highest BCUT2D eigenvalue weighted by atomic mass is 14.3. The van der Waals surface area contributed by atoms with Gasteiger partial charge in [0.05, 0.1) is 0 Å².